The number of para-hydroxylation sites is 4. The van der Waals surface area contributed by atoms with Crippen molar-refractivity contribution in [3.63, 3.8) is 0 Å². The number of nitrogens with zero attached hydrogens (tertiary/aromatic N) is 4. The molecule has 0 heterocycles. The molecule has 0 atom stereocenters. The van der Waals surface area contributed by atoms with Gasteiger partial charge in [0.25, 0.3) is 0 Å². The van der Waals surface area contributed by atoms with E-state index < -0.39 is 0 Å². The molecule has 0 radical (unpaired) electrons. The highest BCUT2D eigenvalue weighted by Gasteiger charge is 2.24. The van der Waals surface area contributed by atoms with Crippen LogP contribution < -0.4 is 19.6 Å². The maximum atomic E-state index is 2.43. The third kappa shape index (κ3) is 11.1. The van der Waals surface area contributed by atoms with Crippen LogP contribution in [0, 0.1) is 0 Å². The van der Waals surface area contributed by atoms with Gasteiger partial charge in [0.2, 0.25) is 0 Å². The highest BCUT2D eigenvalue weighted by atomic mass is 15.2. The van der Waals surface area contributed by atoms with Crippen LogP contribution in [0.1, 0.15) is 0 Å². The summed E-state index contributed by atoms with van der Waals surface area (Å²) < 4.78 is 0. The first-order valence-electron chi connectivity index (χ1n) is 34.3. The quantitative estimate of drug-likeness (QED) is 0.0949. The molecule has 18 aromatic carbocycles. The van der Waals surface area contributed by atoms with E-state index in [0.29, 0.717) is 0 Å². The predicted molar refractivity (Wildman–Crippen MR) is 427 cm³/mol. The summed E-state index contributed by atoms with van der Waals surface area (Å²) in [5.41, 5.74) is 19.9. The van der Waals surface area contributed by atoms with Gasteiger partial charge in [0.1, 0.15) is 0 Å². The zero-order valence-corrected chi connectivity index (χ0v) is 54.9. The summed E-state index contributed by atoms with van der Waals surface area (Å²) in [4.78, 5) is 9.58. The molecule has 0 aromatic heterocycles. The minimum Gasteiger partial charge on any atom is -0.310 e. The molecular formula is C96H66N4. The van der Waals surface area contributed by atoms with Crippen LogP contribution in [0.2, 0.25) is 0 Å². The van der Waals surface area contributed by atoms with Crippen LogP contribution in [-0.2, 0) is 0 Å². The number of rotatable bonds is 15. The van der Waals surface area contributed by atoms with Gasteiger partial charge >= 0.3 is 0 Å². The topological polar surface area (TPSA) is 13.0 Å². The normalized spacial score (nSPS) is 11.4. The van der Waals surface area contributed by atoms with Crippen molar-refractivity contribution in [2.75, 3.05) is 19.6 Å². The van der Waals surface area contributed by atoms with E-state index in [0.717, 1.165) is 107 Å². The Balaban J connectivity index is 0.704. The summed E-state index contributed by atoms with van der Waals surface area (Å²) in [5, 5.41) is 14.4. The number of anilines is 12. The van der Waals surface area contributed by atoms with Crippen LogP contribution in [0.15, 0.2) is 400 Å². The maximum absolute atomic E-state index is 2.43. The Morgan fingerprint density at radius 2 is 0.420 bits per heavy atom. The molecule has 4 nitrogen and oxygen atoms in total. The van der Waals surface area contributed by atoms with Gasteiger partial charge in [-0.15, -0.1) is 0 Å². The molecule has 0 aliphatic carbocycles. The largest absolute Gasteiger partial charge is 0.310 e. The van der Waals surface area contributed by atoms with Gasteiger partial charge in [-0.3, -0.25) is 0 Å². The molecule has 18 rings (SSSR count). The van der Waals surface area contributed by atoms with Crippen molar-refractivity contribution in [3.05, 3.63) is 400 Å². The highest BCUT2D eigenvalue weighted by Crippen LogP contribution is 2.49. The van der Waals surface area contributed by atoms with Crippen molar-refractivity contribution in [2.24, 2.45) is 0 Å². The first-order chi connectivity index (χ1) is 49.6. The van der Waals surface area contributed by atoms with Crippen LogP contribution in [0.3, 0.4) is 0 Å². The van der Waals surface area contributed by atoms with Crippen LogP contribution in [0.25, 0.3) is 98.0 Å². The minimum atomic E-state index is 1.06. The second-order valence-corrected chi connectivity index (χ2v) is 25.7. The first-order valence-corrected chi connectivity index (χ1v) is 34.3. The predicted octanol–water partition coefficient (Wildman–Crippen LogP) is 27.5. The molecule has 100 heavy (non-hydrogen) atoms. The zero-order valence-electron chi connectivity index (χ0n) is 54.9. The van der Waals surface area contributed by atoms with Gasteiger partial charge in [-0.1, -0.05) is 261 Å². The zero-order chi connectivity index (χ0) is 66.3. The Labute approximate surface area is 582 Å². The van der Waals surface area contributed by atoms with Crippen LogP contribution in [-0.4, -0.2) is 0 Å². The molecule has 0 saturated carbocycles. The smallest absolute Gasteiger partial charge is 0.0546 e. The highest BCUT2D eigenvalue weighted by molar-refractivity contribution is 6.17. The molecule has 0 N–H and O–H groups in total. The molecule has 0 bridgehead atoms. The Bertz CT molecular complexity index is 6000. The van der Waals surface area contributed by atoms with E-state index >= 15 is 0 Å². The first kappa shape index (κ1) is 59.2. The Kier molecular flexibility index (Phi) is 15.2. The number of benzene rings is 18. The average Bonchev–Trinajstić information content (AvgIpc) is 0.750. The molecule has 0 aliphatic rings. The fourth-order valence-corrected chi connectivity index (χ4v) is 14.9. The molecule has 0 unspecified atom stereocenters. The van der Waals surface area contributed by atoms with Crippen molar-refractivity contribution in [1.82, 2.24) is 0 Å². The van der Waals surface area contributed by atoms with Gasteiger partial charge in [0.05, 0.1) is 17.1 Å². The molecule has 0 spiro atoms. The lowest BCUT2D eigenvalue weighted by Gasteiger charge is -2.29. The van der Waals surface area contributed by atoms with Gasteiger partial charge in [0, 0.05) is 67.5 Å². The fourth-order valence-electron chi connectivity index (χ4n) is 14.9. The van der Waals surface area contributed by atoms with Crippen molar-refractivity contribution < 1.29 is 0 Å². The van der Waals surface area contributed by atoms with E-state index in [1.807, 2.05) is 0 Å². The molecular weight excluding hydrogens is 1210 g/mol. The van der Waals surface area contributed by atoms with Gasteiger partial charge in [0.15, 0.2) is 0 Å². The number of hydrogen-bond donors (Lipinski definition) is 0. The maximum Gasteiger partial charge on any atom is 0.0546 e. The van der Waals surface area contributed by atoms with Crippen LogP contribution in [0.5, 0.6) is 0 Å². The number of fused-ring (bicyclic) bond motifs is 8. The molecule has 0 amide bonds. The second kappa shape index (κ2) is 25.7. The fraction of sp³-hybridized carbons (Fsp3) is 0. The van der Waals surface area contributed by atoms with Gasteiger partial charge in [-0.2, -0.15) is 0 Å². The lowest BCUT2D eigenvalue weighted by molar-refractivity contribution is 1.28. The van der Waals surface area contributed by atoms with E-state index in [2.05, 4.69) is 420 Å². The summed E-state index contributed by atoms with van der Waals surface area (Å²) in [6.07, 6.45) is 0. The van der Waals surface area contributed by atoms with Gasteiger partial charge in [-0.05, 0) is 221 Å². The third-order valence-corrected chi connectivity index (χ3v) is 19.7. The lowest BCUT2D eigenvalue weighted by atomic mass is 9.92. The minimum absolute atomic E-state index is 1.06. The van der Waals surface area contributed by atoms with Crippen LogP contribution in [0.4, 0.5) is 68.2 Å². The summed E-state index contributed by atoms with van der Waals surface area (Å²) in [7, 11) is 0. The molecule has 0 aliphatic heterocycles. The summed E-state index contributed by atoms with van der Waals surface area (Å²) in [6, 6.07) is 146. The van der Waals surface area contributed by atoms with Gasteiger partial charge in [-0.25, -0.2) is 0 Å². The Hall–Kier alpha value is -13.3. The van der Waals surface area contributed by atoms with E-state index in [9.17, 15) is 0 Å². The van der Waals surface area contributed by atoms with Crippen LogP contribution >= 0.6 is 0 Å². The summed E-state index contributed by atoms with van der Waals surface area (Å²) >= 11 is 0. The van der Waals surface area contributed by atoms with E-state index in [4.69, 9.17) is 0 Å². The average molecular weight is 1280 g/mol. The molecule has 4 heteroatoms. The van der Waals surface area contributed by atoms with Crippen molar-refractivity contribution in [1.29, 1.82) is 0 Å². The second-order valence-electron chi connectivity index (χ2n) is 25.7. The van der Waals surface area contributed by atoms with E-state index in [1.165, 1.54) is 59.2 Å². The SMILES string of the molecule is c1ccc(N(c2ccc(-c3ccc(N(c4ccccc4)c4cc5ccccc5cc4-c4ccc5c(N(c6ccccc6)c6ccc(-c7ccc(N(c8ccccc8)c8cc9ccccc9c9ccccc89)cc7)cc6)cc6ccccc6c5c4)cc3)cc2)c2ccc3ccccc3c2)cc1. The standard InChI is InChI=1S/C96H66N4/c1-5-29-78(30-6-1)97(86-59-49-67-23-13-14-24-72(67)61-86)82-51-41-68(42-52-82)69-47-57-85(58-48-69)100(81-35-11-4-12-36-81)96-64-74-26-16-15-25-73(74)62-92(96)77-50-60-91-93(63-77)88-38-20-18-28-76(88)66-95(91)99(80-33-9-3-10-34-80)84-55-45-71(46-56-84)70-43-53-83(54-44-70)98(79-31-7-2-8-32-79)94-65-75-27-17-19-37-87(75)89-39-21-22-40-90(89)94/h1-66H. The summed E-state index contributed by atoms with van der Waals surface area (Å²) in [6.45, 7) is 0. The molecule has 0 saturated heterocycles. The van der Waals surface area contributed by atoms with Crippen molar-refractivity contribution in [2.45, 2.75) is 0 Å². The number of hydrogen-bond acceptors (Lipinski definition) is 4. The molecule has 470 valence electrons. The molecule has 18 aromatic rings. The monoisotopic (exact) mass is 1270 g/mol. The Morgan fingerprint density at radius 1 is 0.130 bits per heavy atom. The van der Waals surface area contributed by atoms with Crippen molar-refractivity contribution in [3.8, 4) is 33.4 Å². The lowest BCUT2D eigenvalue weighted by Crippen LogP contribution is -2.11. The summed E-state index contributed by atoms with van der Waals surface area (Å²) in [5.74, 6) is 0. The van der Waals surface area contributed by atoms with E-state index in [1.54, 1.807) is 0 Å². The van der Waals surface area contributed by atoms with Gasteiger partial charge < -0.3 is 19.6 Å². The molecule has 0 fully saturated rings. The van der Waals surface area contributed by atoms with Crippen molar-refractivity contribution >= 4 is 133 Å². The van der Waals surface area contributed by atoms with E-state index in [-0.39, 0.29) is 0 Å². The third-order valence-electron chi connectivity index (χ3n) is 19.7. The Morgan fingerprint density at radius 3 is 0.880 bits per heavy atom.